The lowest BCUT2D eigenvalue weighted by atomic mass is 10.1. The van der Waals surface area contributed by atoms with E-state index in [9.17, 15) is 4.79 Å². The Hall–Kier alpha value is -2.04. The summed E-state index contributed by atoms with van der Waals surface area (Å²) < 4.78 is 0. The number of H-pyrrole nitrogens is 1. The maximum atomic E-state index is 11.9. The summed E-state index contributed by atoms with van der Waals surface area (Å²) in [4.78, 5) is 15.9. The molecule has 1 N–H and O–H groups in total. The zero-order valence-corrected chi connectivity index (χ0v) is 8.27. The monoisotopic (exact) mass is 202 g/mol. The predicted octanol–water partition coefficient (Wildman–Crippen LogP) is 0.993. The smallest absolute Gasteiger partial charge is 0.233 e. The van der Waals surface area contributed by atoms with E-state index in [0.717, 1.165) is 0 Å². The lowest BCUT2D eigenvalue weighted by Crippen LogP contribution is -2.06. The topological polar surface area (TPSA) is 71.5 Å². The molecule has 5 nitrogen and oxygen atoms in total. The number of aromatic nitrogens is 4. The lowest BCUT2D eigenvalue weighted by molar-refractivity contribution is 0.102. The van der Waals surface area contributed by atoms with Crippen molar-refractivity contribution in [3.63, 3.8) is 0 Å². The largest absolute Gasteiger partial charge is 0.285 e. The number of aryl methyl sites for hydroxylation is 1. The summed E-state index contributed by atoms with van der Waals surface area (Å²) in [5.41, 5.74) is 1.42. The van der Waals surface area contributed by atoms with E-state index in [1.165, 1.54) is 0 Å². The molecule has 5 heteroatoms. The Bertz CT molecular complexity index is 463. The van der Waals surface area contributed by atoms with Gasteiger partial charge < -0.3 is 0 Å². The van der Waals surface area contributed by atoms with Crippen LogP contribution in [-0.2, 0) is 6.42 Å². The number of hydrogen-bond acceptors (Lipinski definition) is 4. The van der Waals surface area contributed by atoms with E-state index in [4.69, 9.17) is 0 Å². The first-order valence-electron chi connectivity index (χ1n) is 4.68. The van der Waals surface area contributed by atoms with Gasteiger partial charge in [-0.2, -0.15) is 15.4 Å². The summed E-state index contributed by atoms with van der Waals surface area (Å²) in [5, 5.41) is 10.2. The molecule has 0 aliphatic heterocycles. The van der Waals surface area contributed by atoms with Gasteiger partial charge in [0.2, 0.25) is 5.78 Å². The molecule has 0 spiro atoms. The first-order chi connectivity index (χ1) is 7.33. The molecule has 0 aliphatic rings. The highest BCUT2D eigenvalue weighted by Gasteiger charge is 2.17. The fourth-order valence-corrected chi connectivity index (χ4v) is 1.30. The Labute approximate surface area is 86.5 Å². The first-order valence-corrected chi connectivity index (χ1v) is 4.68. The second-order valence-electron chi connectivity index (χ2n) is 3.02. The molecule has 0 fully saturated rings. The van der Waals surface area contributed by atoms with Gasteiger partial charge in [0.25, 0.3) is 0 Å². The molecular weight excluding hydrogens is 192 g/mol. The number of aromatic amines is 1. The van der Waals surface area contributed by atoms with E-state index in [-0.39, 0.29) is 5.78 Å². The minimum atomic E-state index is -0.193. The molecule has 2 aromatic heterocycles. The van der Waals surface area contributed by atoms with Crippen LogP contribution >= 0.6 is 0 Å². The van der Waals surface area contributed by atoms with Crippen molar-refractivity contribution in [1.29, 1.82) is 0 Å². The standard InChI is InChI=1S/C10H10N4O/c1-2-7-9(13-14-12-7)10(15)8-5-3-4-6-11-8/h3-6H,2H2,1H3,(H,12,13,14). The third-order valence-corrected chi connectivity index (χ3v) is 2.07. The predicted molar refractivity (Wildman–Crippen MR) is 53.4 cm³/mol. The van der Waals surface area contributed by atoms with Gasteiger partial charge in [-0.1, -0.05) is 13.0 Å². The quantitative estimate of drug-likeness (QED) is 0.753. The highest BCUT2D eigenvalue weighted by atomic mass is 16.1. The molecule has 0 amide bonds. The molecule has 0 aromatic carbocycles. The second kappa shape index (κ2) is 4.00. The van der Waals surface area contributed by atoms with E-state index >= 15 is 0 Å². The summed E-state index contributed by atoms with van der Waals surface area (Å²) in [7, 11) is 0. The van der Waals surface area contributed by atoms with Crippen LogP contribution in [0.1, 0.15) is 28.8 Å². The van der Waals surface area contributed by atoms with Gasteiger partial charge in [0.05, 0.1) is 5.69 Å². The van der Waals surface area contributed by atoms with Crippen molar-refractivity contribution in [2.45, 2.75) is 13.3 Å². The molecule has 0 saturated carbocycles. The summed E-state index contributed by atoms with van der Waals surface area (Å²) in [6.07, 6.45) is 2.25. The molecule has 0 bridgehead atoms. The Morgan fingerprint density at radius 3 is 2.93 bits per heavy atom. The Morgan fingerprint density at radius 2 is 2.27 bits per heavy atom. The third kappa shape index (κ3) is 1.76. The summed E-state index contributed by atoms with van der Waals surface area (Å²) >= 11 is 0. The normalized spacial score (nSPS) is 10.2. The van der Waals surface area contributed by atoms with Crippen LogP contribution in [0.2, 0.25) is 0 Å². The zero-order chi connectivity index (χ0) is 10.7. The van der Waals surface area contributed by atoms with Crippen LogP contribution in [-0.4, -0.2) is 26.2 Å². The van der Waals surface area contributed by atoms with Crippen LogP contribution in [0.25, 0.3) is 0 Å². The minimum Gasteiger partial charge on any atom is -0.285 e. The molecule has 2 rings (SSSR count). The van der Waals surface area contributed by atoms with E-state index < -0.39 is 0 Å². The molecule has 2 heterocycles. The van der Waals surface area contributed by atoms with Gasteiger partial charge in [-0.05, 0) is 18.6 Å². The van der Waals surface area contributed by atoms with Crippen LogP contribution in [0.4, 0.5) is 0 Å². The molecule has 0 saturated heterocycles. The number of hydrogen-bond donors (Lipinski definition) is 1. The maximum absolute atomic E-state index is 11.9. The summed E-state index contributed by atoms with van der Waals surface area (Å²) in [5.74, 6) is -0.193. The van der Waals surface area contributed by atoms with Crippen molar-refractivity contribution in [3.8, 4) is 0 Å². The number of nitrogens with one attached hydrogen (secondary N) is 1. The van der Waals surface area contributed by atoms with E-state index in [0.29, 0.717) is 23.5 Å². The molecule has 15 heavy (non-hydrogen) atoms. The van der Waals surface area contributed by atoms with Gasteiger partial charge >= 0.3 is 0 Å². The number of nitrogens with zero attached hydrogens (tertiary/aromatic N) is 3. The number of ketones is 1. The highest BCUT2D eigenvalue weighted by Crippen LogP contribution is 2.08. The zero-order valence-electron chi connectivity index (χ0n) is 8.27. The summed E-state index contributed by atoms with van der Waals surface area (Å²) in [6, 6.07) is 5.20. The van der Waals surface area contributed by atoms with Crippen molar-refractivity contribution < 1.29 is 4.79 Å². The van der Waals surface area contributed by atoms with Gasteiger partial charge in [0.15, 0.2) is 5.69 Å². The second-order valence-corrected chi connectivity index (χ2v) is 3.02. The van der Waals surface area contributed by atoms with Gasteiger partial charge in [-0.15, -0.1) is 0 Å². The average Bonchev–Trinajstić information content (AvgIpc) is 2.77. The fourth-order valence-electron chi connectivity index (χ4n) is 1.30. The van der Waals surface area contributed by atoms with E-state index in [2.05, 4.69) is 20.4 Å². The lowest BCUT2D eigenvalue weighted by Gasteiger charge is -1.96. The van der Waals surface area contributed by atoms with Crippen molar-refractivity contribution in [2.75, 3.05) is 0 Å². The Kier molecular flexibility index (Phi) is 2.53. The number of carbonyl (C=O) groups excluding carboxylic acids is 1. The molecule has 0 unspecified atom stereocenters. The highest BCUT2D eigenvalue weighted by molar-refractivity contribution is 6.06. The van der Waals surface area contributed by atoms with Gasteiger partial charge in [0.1, 0.15) is 5.69 Å². The van der Waals surface area contributed by atoms with Crippen LogP contribution in [0.3, 0.4) is 0 Å². The van der Waals surface area contributed by atoms with Gasteiger partial charge in [0, 0.05) is 6.20 Å². The van der Waals surface area contributed by atoms with Crippen molar-refractivity contribution in [3.05, 3.63) is 41.5 Å². The van der Waals surface area contributed by atoms with Gasteiger partial charge in [-0.25, -0.2) is 0 Å². The van der Waals surface area contributed by atoms with Gasteiger partial charge in [-0.3, -0.25) is 9.78 Å². The van der Waals surface area contributed by atoms with Crippen LogP contribution in [0.15, 0.2) is 24.4 Å². The number of rotatable bonds is 3. The SMILES string of the molecule is CCc1n[nH]nc1C(=O)c1ccccn1. The van der Waals surface area contributed by atoms with Crippen LogP contribution in [0.5, 0.6) is 0 Å². The van der Waals surface area contributed by atoms with Crippen molar-refractivity contribution in [2.24, 2.45) is 0 Å². The Morgan fingerprint density at radius 1 is 1.40 bits per heavy atom. The molecule has 76 valence electrons. The molecular formula is C10H10N4O. The number of carbonyl (C=O) groups is 1. The fraction of sp³-hybridized carbons (Fsp3) is 0.200. The van der Waals surface area contributed by atoms with E-state index in [1.54, 1.807) is 24.4 Å². The van der Waals surface area contributed by atoms with E-state index in [1.807, 2.05) is 6.92 Å². The molecule has 0 atom stereocenters. The van der Waals surface area contributed by atoms with Crippen molar-refractivity contribution in [1.82, 2.24) is 20.4 Å². The number of pyridine rings is 1. The average molecular weight is 202 g/mol. The van der Waals surface area contributed by atoms with Crippen LogP contribution in [0, 0.1) is 0 Å². The maximum Gasteiger partial charge on any atom is 0.233 e. The first kappa shape index (κ1) is 9.51. The summed E-state index contributed by atoms with van der Waals surface area (Å²) in [6.45, 7) is 1.92. The molecule has 2 aromatic rings. The van der Waals surface area contributed by atoms with Crippen molar-refractivity contribution >= 4 is 5.78 Å². The molecule has 0 radical (unpaired) electrons. The van der Waals surface area contributed by atoms with Crippen LogP contribution < -0.4 is 0 Å². The molecule has 0 aliphatic carbocycles. The third-order valence-electron chi connectivity index (χ3n) is 2.07. The Balaban J connectivity index is 2.37. The minimum absolute atomic E-state index is 0.193.